The van der Waals surface area contributed by atoms with Crippen molar-refractivity contribution in [3.63, 3.8) is 0 Å². The fourth-order valence-electron chi connectivity index (χ4n) is 1.94. The van der Waals surface area contributed by atoms with E-state index in [-0.39, 0.29) is 11.3 Å². The first kappa shape index (κ1) is 16.9. The van der Waals surface area contributed by atoms with Gasteiger partial charge >= 0.3 is 5.97 Å². The van der Waals surface area contributed by atoms with Crippen LogP contribution < -0.4 is 10.1 Å². The van der Waals surface area contributed by atoms with Gasteiger partial charge in [0.05, 0.1) is 4.92 Å². The molecule has 2 aromatic rings. The van der Waals surface area contributed by atoms with E-state index < -0.39 is 23.4 Å². The molecule has 0 fully saturated rings. The molecule has 8 nitrogen and oxygen atoms in total. The van der Waals surface area contributed by atoms with E-state index in [4.69, 9.17) is 9.84 Å². The number of nitrogens with zero attached hydrogens (tertiary/aromatic N) is 1. The summed E-state index contributed by atoms with van der Waals surface area (Å²) < 4.78 is 5.05. The van der Waals surface area contributed by atoms with Gasteiger partial charge in [0.15, 0.2) is 6.61 Å². The number of non-ortho nitro benzene ring substituents is 1. The van der Waals surface area contributed by atoms with E-state index in [1.54, 1.807) is 25.1 Å². The van der Waals surface area contributed by atoms with Crippen molar-refractivity contribution < 1.29 is 24.4 Å². The molecule has 0 aliphatic carbocycles. The topological polar surface area (TPSA) is 119 Å². The molecule has 1 amide bonds. The van der Waals surface area contributed by atoms with E-state index in [0.29, 0.717) is 17.0 Å². The van der Waals surface area contributed by atoms with Gasteiger partial charge in [-0.2, -0.15) is 0 Å². The lowest BCUT2D eigenvalue weighted by Crippen LogP contribution is -2.13. The van der Waals surface area contributed by atoms with Crippen molar-refractivity contribution in [2.75, 3.05) is 11.9 Å². The molecule has 0 radical (unpaired) electrons. The van der Waals surface area contributed by atoms with Gasteiger partial charge in [0.2, 0.25) is 0 Å². The van der Waals surface area contributed by atoms with Crippen LogP contribution in [0, 0.1) is 17.0 Å². The van der Waals surface area contributed by atoms with Crippen LogP contribution in [0.1, 0.15) is 15.9 Å². The number of rotatable bonds is 6. The average molecular weight is 330 g/mol. The van der Waals surface area contributed by atoms with Crippen LogP contribution in [0.25, 0.3) is 0 Å². The number of anilines is 1. The molecule has 0 saturated heterocycles. The summed E-state index contributed by atoms with van der Waals surface area (Å²) in [6.45, 7) is 1.28. The van der Waals surface area contributed by atoms with Gasteiger partial charge in [-0.3, -0.25) is 14.9 Å². The molecule has 0 aromatic heterocycles. The van der Waals surface area contributed by atoms with Crippen LogP contribution in [0.3, 0.4) is 0 Å². The third-order valence-electron chi connectivity index (χ3n) is 3.15. The third kappa shape index (κ3) is 4.29. The number of hydrogen-bond acceptors (Lipinski definition) is 5. The van der Waals surface area contributed by atoms with Crippen LogP contribution in [-0.2, 0) is 4.79 Å². The van der Waals surface area contributed by atoms with Crippen molar-refractivity contribution in [3.05, 3.63) is 63.7 Å². The zero-order valence-electron chi connectivity index (χ0n) is 12.7. The van der Waals surface area contributed by atoms with Crippen molar-refractivity contribution in [2.24, 2.45) is 0 Å². The Balaban J connectivity index is 2.08. The molecule has 0 bridgehead atoms. The Bertz CT molecular complexity index is 786. The normalized spacial score (nSPS) is 10.0. The van der Waals surface area contributed by atoms with Gasteiger partial charge in [-0.1, -0.05) is 0 Å². The highest BCUT2D eigenvalue weighted by molar-refractivity contribution is 6.04. The summed E-state index contributed by atoms with van der Waals surface area (Å²) in [7, 11) is 0. The number of amides is 1. The molecule has 0 heterocycles. The second-order valence-electron chi connectivity index (χ2n) is 4.92. The minimum Gasteiger partial charge on any atom is -0.482 e. The highest BCUT2D eigenvalue weighted by Gasteiger charge is 2.11. The van der Waals surface area contributed by atoms with E-state index in [1.807, 2.05) is 0 Å². The van der Waals surface area contributed by atoms with Crippen molar-refractivity contribution >= 4 is 23.3 Å². The molecule has 2 rings (SSSR count). The van der Waals surface area contributed by atoms with Crippen molar-refractivity contribution in [3.8, 4) is 5.75 Å². The summed E-state index contributed by atoms with van der Waals surface area (Å²) in [5.74, 6) is -1.11. The summed E-state index contributed by atoms with van der Waals surface area (Å²) in [6.07, 6.45) is 0. The van der Waals surface area contributed by atoms with Crippen molar-refractivity contribution in [2.45, 2.75) is 6.92 Å². The molecular formula is C16H14N2O6. The van der Waals surface area contributed by atoms with E-state index in [0.717, 1.165) is 0 Å². The maximum Gasteiger partial charge on any atom is 0.341 e. The number of carboxylic acid groups (broad SMARTS) is 1. The summed E-state index contributed by atoms with van der Waals surface area (Å²) >= 11 is 0. The lowest BCUT2D eigenvalue weighted by molar-refractivity contribution is -0.384. The zero-order valence-corrected chi connectivity index (χ0v) is 12.7. The SMILES string of the molecule is Cc1cc(OCC(=O)O)ccc1NC(=O)c1ccc([N+](=O)[O-])cc1. The first-order chi connectivity index (χ1) is 11.4. The van der Waals surface area contributed by atoms with Gasteiger partial charge in [-0.25, -0.2) is 4.79 Å². The molecule has 0 aliphatic rings. The predicted molar refractivity (Wildman–Crippen MR) is 85.4 cm³/mol. The molecular weight excluding hydrogens is 316 g/mol. The number of carboxylic acids is 1. The van der Waals surface area contributed by atoms with Crippen LogP contribution in [0.4, 0.5) is 11.4 Å². The first-order valence-electron chi connectivity index (χ1n) is 6.88. The number of aliphatic carboxylic acids is 1. The van der Waals surface area contributed by atoms with Crippen LogP contribution >= 0.6 is 0 Å². The van der Waals surface area contributed by atoms with Gasteiger partial charge in [0.1, 0.15) is 5.75 Å². The number of nitrogens with one attached hydrogen (secondary N) is 1. The van der Waals surface area contributed by atoms with Gasteiger partial charge in [0.25, 0.3) is 11.6 Å². The lowest BCUT2D eigenvalue weighted by atomic mass is 10.1. The number of carbonyl (C=O) groups is 2. The summed E-state index contributed by atoms with van der Waals surface area (Å²) in [6, 6.07) is 9.99. The standard InChI is InChI=1S/C16H14N2O6/c1-10-8-13(24-9-15(19)20)6-7-14(10)17-16(21)11-2-4-12(5-3-11)18(22)23/h2-8H,9H2,1H3,(H,17,21)(H,19,20). The number of carbonyl (C=O) groups excluding carboxylic acids is 1. The largest absolute Gasteiger partial charge is 0.482 e. The molecule has 2 aromatic carbocycles. The van der Waals surface area contributed by atoms with Crippen molar-refractivity contribution in [1.82, 2.24) is 0 Å². The fraction of sp³-hybridized carbons (Fsp3) is 0.125. The number of aryl methyl sites for hydroxylation is 1. The highest BCUT2D eigenvalue weighted by Crippen LogP contribution is 2.22. The van der Waals surface area contributed by atoms with Crippen molar-refractivity contribution in [1.29, 1.82) is 0 Å². The average Bonchev–Trinajstić information content (AvgIpc) is 2.55. The molecule has 0 unspecified atom stereocenters. The predicted octanol–water partition coefficient (Wildman–Crippen LogP) is 2.62. The van der Waals surface area contributed by atoms with E-state index in [2.05, 4.69) is 5.32 Å². The highest BCUT2D eigenvalue weighted by atomic mass is 16.6. The van der Waals surface area contributed by atoms with Gasteiger partial charge < -0.3 is 15.2 Å². The minimum atomic E-state index is -1.08. The molecule has 0 aliphatic heterocycles. The number of benzene rings is 2. The van der Waals surface area contributed by atoms with Gasteiger partial charge in [0, 0.05) is 23.4 Å². The Hall–Kier alpha value is -3.42. The Morgan fingerprint density at radius 3 is 2.42 bits per heavy atom. The zero-order chi connectivity index (χ0) is 17.7. The van der Waals surface area contributed by atoms with Gasteiger partial charge in [-0.15, -0.1) is 0 Å². The summed E-state index contributed by atoms with van der Waals surface area (Å²) in [5.41, 5.74) is 1.41. The Morgan fingerprint density at radius 1 is 1.21 bits per heavy atom. The Morgan fingerprint density at radius 2 is 1.88 bits per heavy atom. The molecule has 24 heavy (non-hydrogen) atoms. The number of nitro groups is 1. The van der Waals surface area contributed by atoms with Crippen LogP contribution in [0.2, 0.25) is 0 Å². The maximum absolute atomic E-state index is 12.2. The van der Waals surface area contributed by atoms with Gasteiger partial charge in [-0.05, 0) is 42.8 Å². The first-order valence-corrected chi connectivity index (χ1v) is 6.88. The van der Waals surface area contributed by atoms with Crippen LogP contribution in [0.15, 0.2) is 42.5 Å². The van der Waals surface area contributed by atoms with E-state index in [9.17, 15) is 19.7 Å². The Labute approximate surface area is 136 Å². The van der Waals surface area contributed by atoms with E-state index >= 15 is 0 Å². The molecule has 0 saturated carbocycles. The second kappa shape index (κ2) is 7.23. The number of hydrogen-bond donors (Lipinski definition) is 2. The number of nitro benzene ring substituents is 1. The maximum atomic E-state index is 12.2. The second-order valence-corrected chi connectivity index (χ2v) is 4.92. The third-order valence-corrected chi connectivity index (χ3v) is 3.15. The molecule has 0 atom stereocenters. The molecule has 8 heteroatoms. The molecule has 0 spiro atoms. The Kier molecular flexibility index (Phi) is 5.10. The molecule has 124 valence electrons. The summed E-state index contributed by atoms with van der Waals surface area (Å²) in [5, 5.41) is 21.9. The van der Waals surface area contributed by atoms with Crippen LogP contribution in [0.5, 0.6) is 5.75 Å². The lowest BCUT2D eigenvalue weighted by Gasteiger charge is -2.10. The summed E-state index contributed by atoms with van der Waals surface area (Å²) in [4.78, 5) is 32.7. The fourth-order valence-corrected chi connectivity index (χ4v) is 1.94. The quantitative estimate of drug-likeness (QED) is 0.621. The van der Waals surface area contributed by atoms with E-state index in [1.165, 1.54) is 24.3 Å². The van der Waals surface area contributed by atoms with Crippen LogP contribution in [-0.4, -0.2) is 28.5 Å². The smallest absolute Gasteiger partial charge is 0.341 e. The molecule has 2 N–H and O–H groups in total. The monoisotopic (exact) mass is 330 g/mol. The number of ether oxygens (including phenoxy) is 1. The minimum absolute atomic E-state index is 0.0948.